The van der Waals surface area contributed by atoms with Gasteiger partial charge in [0, 0.05) is 42.9 Å². The second-order valence-corrected chi connectivity index (χ2v) is 12.6. The largest absolute Gasteiger partial charge is 0.489 e. The zero-order chi connectivity index (χ0) is 35.4. The standard InChI is InChI=1S/C39H47FN4O5/c1-3-15-44(16-4-2)37(47)31-20-30(36(42)46)22-39(23-31,38(48)43-25-27-11-7-5-8-12-27)24-35(45)34(41)19-29-17-32(40)21-33(18-29)49-26-28-13-9-6-10-14-28/h5-14,17-18,20-22,34-35,45H,3-4,15-16,19,23-26,41H2,1-2H3,(H2,42,46)(H,43,48)/t34-,35+,39?/m0/s1. The lowest BCUT2D eigenvalue weighted by Crippen LogP contribution is -2.48. The number of carbonyl (C=O) groups is 3. The maximum absolute atomic E-state index is 14.7. The summed E-state index contributed by atoms with van der Waals surface area (Å²) in [6.07, 6.45) is 2.84. The van der Waals surface area contributed by atoms with Crippen molar-refractivity contribution in [3.05, 3.63) is 125 Å². The van der Waals surface area contributed by atoms with Gasteiger partial charge in [0.1, 0.15) is 18.2 Å². The molecule has 1 unspecified atom stereocenters. The Morgan fingerprint density at radius 2 is 1.59 bits per heavy atom. The lowest BCUT2D eigenvalue weighted by atomic mass is 9.70. The normalized spacial score (nSPS) is 16.9. The first kappa shape index (κ1) is 37.0. The third-order valence-electron chi connectivity index (χ3n) is 8.57. The highest BCUT2D eigenvalue weighted by atomic mass is 19.1. The van der Waals surface area contributed by atoms with Gasteiger partial charge in [-0.25, -0.2) is 4.39 Å². The number of carbonyl (C=O) groups excluding carboxylic acids is 3. The van der Waals surface area contributed by atoms with E-state index in [1.807, 2.05) is 74.5 Å². The molecule has 0 spiro atoms. The molecule has 0 bridgehead atoms. The molecule has 3 atom stereocenters. The predicted molar refractivity (Wildman–Crippen MR) is 187 cm³/mol. The van der Waals surface area contributed by atoms with Crippen LogP contribution >= 0.6 is 0 Å². The van der Waals surface area contributed by atoms with Gasteiger partial charge in [-0.1, -0.05) is 80.6 Å². The Balaban J connectivity index is 1.60. The second-order valence-electron chi connectivity index (χ2n) is 12.6. The van der Waals surface area contributed by atoms with Crippen LogP contribution in [0.3, 0.4) is 0 Å². The molecule has 260 valence electrons. The van der Waals surface area contributed by atoms with Crippen LogP contribution in [-0.2, 0) is 34.0 Å². The van der Waals surface area contributed by atoms with Crippen molar-refractivity contribution >= 4 is 17.7 Å². The molecule has 3 amide bonds. The van der Waals surface area contributed by atoms with Crippen molar-refractivity contribution in [2.45, 2.75) is 71.2 Å². The molecule has 10 heteroatoms. The summed E-state index contributed by atoms with van der Waals surface area (Å²) in [6.45, 7) is 5.38. The molecule has 9 nitrogen and oxygen atoms in total. The van der Waals surface area contributed by atoms with E-state index in [1.165, 1.54) is 24.3 Å². The van der Waals surface area contributed by atoms with Crippen LogP contribution < -0.4 is 21.5 Å². The summed E-state index contributed by atoms with van der Waals surface area (Å²) in [4.78, 5) is 42.3. The van der Waals surface area contributed by atoms with Crippen molar-refractivity contribution in [2.75, 3.05) is 13.1 Å². The van der Waals surface area contributed by atoms with Gasteiger partial charge in [-0.3, -0.25) is 14.4 Å². The van der Waals surface area contributed by atoms with E-state index in [2.05, 4.69) is 5.32 Å². The summed E-state index contributed by atoms with van der Waals surface area (Å²) in [5, 5.41) is 14.5. The number of halogens is 1. The first-order chi connectivity index (χ1) is 23.5. The van der Waals surface area contributed by atoms with Gasteiger partial charge in [-0.05, 0) is 67.0 Å². The second kappa shape index (κ2) is 17.6. The Labute approximate surface area is 287 Å². The van der Waals surface area contributed by atoms with Crippen LogP contribution in [-0.4, -0.2) is 53.0 Å². The van der Waals surface area contributed by atoms with E-state index in [0.29, 0.717) is 24.4 Å². The molecule has 3 aromatic carbocycles. The van der Waals surface area contributed by atoms with E-state index in [1.54, 1.807) is 11.0 Å². The lowest BCUT2D eigenvalue weighted by Gasteiger charge is -2.37. The number of hydrogen-bond acceptors (Lipinski definition) is 6. The Bertz CT molecular complexity index is 1640. The number of rotatable bonds is 17. The summed E-state index contributed by atoms with van der Waals surface area (Å²) >= 11 is 0. The molecule has 0 aromatic heterocycles. The highest BCUT2D eigenvalue weighted by molar-refractivity contribution is 6.03. The molecule has 6 N–H and O–H groups in total. The quantitative estimate of drug-likeness (QED) is 0.163. The Kier molecular flexibility index (Phi) is 13.3. The van der Waals surface area contributed by atoms with Crippen LogP contribution in [0.25, 0.3) is 0 Å². The third kappa shape index (κ3) is 10.3. The molecule has 0 aliphatic heterocycles. The first-order valence-corrected chi connectivity index (χ1v) is 16.8. The molecule has 49 heavy (non-hydrogen) atoms. The average Bonchev–Trinajstić information content (AvgIpc) is 3.09. The van der Waals surface area contributed by atoms with Crippen LogP contribution in [0.1, 0.15) is 56.2 Å². The van der Waals surface area contributed by atoms with Gasteiger partial charge >= 0.3 is 0 Å². The summed E-state index contributed by atoms with van der Waals surface area (Å²) in [7, 11) is 0. The molecule has 0 heterocycles. The van der Waals surface area contributed by atoms with Crippen LogP contribution in [0.2, 0.25) is 0 Å². The smallest absolute Gasteiger partial charge is 0.249 e. The Morgan fingerprint density at radius 3 is 2.20 bits per heavy atom. The molecule has 1 aliphatic carbocycles. The molecule has 0 saturated carbocycles. The van der Waals surface area contributed by atoms with E-state index in [4.69, 9.17) is 16.2 Å². The number of ether oxygens (including phenoxy) is 1. The van der Waals surface area contributed by atoms with E-state index < -0.39 is 35.2 Å². The number of nitrogens with zero attached hydrogens (tertiary/aromatic N) is 1. The van der Waals surface area contributed by atoms with Gasteiger partial charge in [-0.15, -0.1) is 0 Å². The van der Waals surface area contributed by atoms with Crippen LogP contribution in [0.15, 0.2) is 102 Å². The van der Waals surface area contributed by atoms with Crippen molar-refractivity contribution in [1.82, 2.24) is 10.2 Å². The number of primary amides is 1. The van der Waals surface area contributed by atoms with Crippen LogP contribution in [0, 0.1) is 11.2 Å². The molecule has 0 fully saturated rings. The summed E-state index contributed by atoms with van der Waals surface area (Å²) in [5.74, 6) is -1.78. The van der Waals surface area contributed by atoms with E-state index in [-0.39, 0.29) is 49.5 Å². The van der Waals surface area contributed by atoms with E-state index in [9.17, 15) is 23.9 Å². The Hall–Kier alpha value is -4.80. The topological polar surface area (TPSA) is 148 Å². The summed E-state index contributed by atoms with van der Waals surface area (Å²) in [6, 6.07) is 22.1. The average molecular weight is 671 g/mol. The molecule has 4 rings (SSSR count). The number of nitrogens with two attached hydrogens (primary N) is 2. The van der Waals surface area contributed by atoms with Gasteiger partial charge in [-0.2, -0.15) is 0 Å². The van der Waals surface area contributed by atoms with Crippen LogP contribution in [0.4, 0.5) is 4.39 Å². The van der Waals surface area contributed by atoms with E-state index >= 15 is 0 Å². The number of nitrogens with one attached hydrogen (secondary N) is 1. The first-order valence-electron chi connectivity index (χ1n) is 16.8. The van der Waals surface area contributed by atoms with Crippen LogP contribution in [0.5, 0.6) is 5.75 Å². The maximum Gasteiger partial charge on any atom is 0.249 e. The van der Waals surface area contributed by atoms with Gasteiger partial charge in [0.15, 0.2) is 0 Å². The number of aliphatic hydroxyl groups excluding tert-OH is 1. The predicted octanol–water partition coefficient (Wildman–Crippen LogP) is 4.72. The minimum Gasteiger partial charge on any atom is -0.489 e. The SMILES string of the molecule is CCCN(CCC)C(=O)C1=CC(C(N)=O)=CC(C[C@@H](O)[C@@H](N)Cc2cc(F)cc(OCc3ccccc3)c2)(C(=O)NCc2ccccc2)C1. The molecule has 0 radical (unpaired) electrons. The van der Waals surface area contributed by atoms with Crippen molar-refractivity contribution in [2.24, 2.45) is 16.9 Å². The zero-order valence-electron chi connectivity index (χ0n) is 28.2. The third-order valence-corrected chi connectivity index (χ3v) is 8.57. The molecule has 0 saturated heterocycles. The van der Waals surface area contributed by atoms with Crippen molar-refractivity contribution in [3.63, 3.8) is 0 Å². The highest BCUT2D eigenvalue weighted by Crippen LogP contribution is 2.40. The molecule has 1 aliphatic rings. The molecule has 3 aromatic rings. The fourth-order valence-electron chi connectivity index (χ4n) is 6.13. The highest BCUT2D eigenvalue weighted by Gasteiger charge is 2.44. The fraction of sp³-hybridized carbons (Fsp3) is 0.359. The minimum atomic E-state index is -1.54. The molecular weight excluding hydrogens is 623 g/mol. The minimum absolute atomic E-state index is 0.00326. The maximum atomic E-state index is 14.7. The van der Waals surface area contributed by atoms with Crippen molar-refractivity contribution in [1.29, 1.82) is 0 Å². The van der Waals surface area contributed by atoms with Gasteiger partial charge in [0.05, 0.1) is 11.5 Å². The Morgan fingerprint density at radius 1 is 0.959 bits per heavy atom. The van der Waals surface area contributed by atoms with Gasteiger partial charge < -0.3 is 31.5 Å². The number of benzene rings is 3. The number of aliphatic hydroxyl groups is 1. The summed E-state index contributed by atoms with van der Waals surface area (Å²) < 4.78 is 20.5. The lowest BCUT2D eigenvalue weighted by molar-refractivity contribution is -0.131. The number of amides is 3. The zero-order valence-corrected chi connectivity index (χ0v) is 28.2. The van der Waals surface area contributed by atoms with E-state index in [0.717, 1.165) is 24.0 Å². The van der Waals surface area contributed by atoms with Gasteiger partial charge in [0.25, 0.3) is 0 Å². The number of hydrogen-bond donors (Lipinski definition) is 4. The molecular formula is C39H47FN4O5. The fourth-order valence-corrected chi connectivity index (χ4v) is 6.13. The van der Waals surface area contributed by atoms with Gasteiger partial charge in [0.2, 0.25) is 17.7 Å². The monoisotopic (exact) mass is 670 g/mol. The summed E-state index contributed by atoms with van der Waals surface area (Å²) in [5.41, 5.74) is 13.3. The van der Waals surface area contributed by atoms with Crippen molar-refractivity contribution in [3.8, 4) is 5.75 Å². The van der Waals surface area contributed by atoms with Crippen molar-refractivity contribution < 1.29 is 28.6 Å².